The van der Waals surface area contributed by atoms with Crippen LogP contribution in [-0.2, 0) is 0 Å². The lowest BCUT2D eigenvalue weighted by atomic mass is 10.3. The van der Waals surface area contributed by atoms with E-state index in [-0.39, 0.29) is 0 Å². The van der Waals surface area contributed by atoms with Gasteiger partial charge >= 0.3 is 0 Å². The maximum absolute atomic E-state index is 10.5. The first-order valence-corrected chi connectivity index (χ1v) is 6.77. The molecular weight excluding hydrogens is 356 g/mol. The monoisotopic (exact) mass is 360 g/mol. The van der Waals surface area contributed by atoms with Crippen LogP contribution in [0, 0.1) is 0 Å². The number of thiophene rings is 1. The Hall–Kier alpha value is -0.650. The molecule has 0 amide bonds. The van der Waals surface area contributed by atoms with Crippen LogP contribution in [0.25, 0.3) is 0 Å². The van der Waals surface area contributed by atoms with Crippen molar-refractivity contribution in [1.29, 1.82) is 0 Å². The molecule has 1 aromatic heterocycles. The van der Waals surface area contributed by atoms with E-state index in [1.54, 1.807) is 12.1 Å². The van der Waals surface area contributed by atoms with E-state index in [2.05, 4.69) is 31.9 Å². The van der Waals surface area contributed by atoms with E-state index in [1.165, 1.54) is 11.3 Å². The Morgan fingerprint density at radius 3 is 2.62 bits per heavy atom. The van der Waals surface area contributed by atoms with Gasteiger partial charge < -0.3 is 4.74 Å². The Kier molecular flexibility index (Phi) is 3.78. The molecule has 2 nitrogen and oxygen atoms in total. The molecule has 1 heterocycles. The molecular formula is C11H6Br2O2S. The van der Waals surface area contributed by atoms with E-state index >= 15 is 0 Å². The second kappa shape index (κ2) is 5.12. The zero-order valence-electron chi connectivity index (χ0n) is 7.94. The molecule has 0 unspecified atom stereocenters. The van der Waals surface area contributed by atoms with Crippen molar-refractivity contribution in [2.45, 2.75) is 0 Å². The van der Waals surface area contributed by atoms with Crippen LogP contribution in [0.3, 0.4) is 0 Å². The SMILES string of the molecule is O=Cc1ccc(Oc2ccc(Br)cc2Br)s1. The maximum atomic E-state index is 10.5. The normalized spacial score (nSPS) is 10.1. The first-order chi connectivity index (χ1) is 7.69. The summed E-state index contributed by atoms with van der Waals surface area (Å²) in [6, 6.07) is 9.18. The van der Waals surface area contributed by atoms with E-state index in [9.17, 15) is 4.79 Å². The number of benzene rings is 1. The zero-order chi connectivity index (χ0) is 11.5. The summed E-state index contributed by atoms with van der Waals surface area (Å²) in [4.78, 5) is 11.2. The summed E-state index contributed by atoms with van der Waals surface area (Å²) < 4.78 is 7.48. The predicted molar refractivity (Wildman–Crippen MR) is 71.6 cm³/mol. The first-order valence-electron chi connectivity index (χ1n) is 4.37. The Balaban J connectivity index is 2.23. The van der Waals surface area contributed by atoms with Gasteiger partial charge in [-0.05, 0) is 46.3 Å². The Morgan fingerprint density at radius 1 is 1.19 bits per heavy atom. The minimum absolute atomic E-state index is 0.656. The largest absolute Gasteiger partial charge is 0.445 e. The van der Waals surface area contributed by atoms with Gasteiger partial charge in [-0.25, -0.2) is 0 Å². The molecule has 0 radical (unpaired) electrons. The highest BCUT2D eigenvalue weighted by molar-refractivity contribution is 9.11. The van der Waals surface area contributed by atoms with Gasteiger partial charge in [0, 0.05) is 4.47 Å². The first kappa shape index (κ1) is 11.8. The minimum Gasteiger partial charge on any atom is -0.445 e. The summed E-state index contributed by atoms with van der Waals surface area (Å²) in [5, 5.41) is 0.699. The summed E-state index contributed by atoms with van der Waals surface area (Å²) in [5.74, 6) is 0.725. The molecule has 0 bridgehead atoms. The predicted octanol–water partition coefficient (Wildman–Crippen LogP) is 4.88. The molecule has 2 rings (SSSR count). The van der Waals surface area contributed by atoms with E-state index in [4.69, 9.17) is 4.74 Å². The molecule has 0 saturated carbocycles. The van der Waals surface area contributed by atoms with Gasteiger partial charge in [-0.3, -0.25) is 4.79 Å². The van der Waals surface area contributed by atoms with Crippen LogP contribution in [-0.4, -0.2) is 6.29 Å². The molecule has 0 aliphatic rings. The summed E-state index contributed by atoms with van der Waals surface area (Å²) in [5.41, 5.74) is 0. The Labute approximate surface area is 114 Å². The number of aldehydes is 1. The lowest BCUT2D eigenvalue weighted by molar-refractivity contribution is 0.112. The second-order valence-electron chi connectivity index (χ2n) is 2.95. The third-order valence-electron chi connectivity index (χ3n) is 1.82. The highest BCUT2D eigenvalue weighted by Gasteiger charge is 2.05. The third kappa shape index (κ3) is 2.72. The lowest BCUT2D eigenvalue weighted by Crippen LogP contribution is -1.82. The summed E-state index contributed by atoms with van der Waals surface area (Å²) in [6.45, 7) is 0. The Bertz CT molecular complexity index is 522. The summed E-state index contributed by atoms with van der Waals surface area (Å²) in [7, 11) is 0. The van der Waals surface area contributed by atoms with Crippen LogP contribution in [0.4, 0.5) is 0 Å². The van der Waals surface area contributed by atoms with Crippen molar-refractivity contribution in [3.8, 4) is 10.8 Å². The van der Waals surface area contributed by atoms with Crippen molar-refractivity contribution in [2.75, 3.05) is 0 Å². The molecule has 5 heteroatoms. The highest BCUT2D eigenvalue weighted by Crippen LogP contribution is 2.34. The zero-order valence-corrected chi connectivity index (χ0v) is 11.9. The number of hydrogen-bond donors (Lipinski definition) is 0. The van der Waals surface area contributed by atoms with Crippen LogP contribution >= 0.6 is 43.2 Å². The van der Waals surface area contributed by atoms with Gasteiger partial charge in [0.25, 0.3) is 0 Å². The van der Waals surface area contributed by atoms with Gasteiger partial charge in [0.1, 0.15) is 5.75 Å². The van der Waals surface area contributed by atoms with Crippen molar-refractivity contribution >= 4 is 49.5 Å². The van der Waals surface area contributed by atoms with E-state index in [0.717, 1.165) is 21.0 Å². The quantitative estimate of drug-likeness (QED) is 0.728. The second-order valence-corrected chi connectivity index (χ2v) is 5.80. The maximum Gasteiger partial charge on any atom is 0.181 e. The van der Waals surface area contributed by atoms with Crippen molar-refractivity contribution in [3.05, 3.63) is 44.2 Å². The van der Waals surface area contributed by atoms with Gasteiger partial charge in [-0.15, -0.1) is 0 Å². The molecule has 0 aliphatic heterocycles. The molecule has 0 aliphatic carbocycles. The van der Waals surface area contributed by atoms with E-state index in [0.29, 0.717) is 9.94 Å². The number of rotatable bonds is 3. The molecule has 0 fully saturated rings. The number of halogens is 2. The van der Waals surface area contributed by atoms with Crippen molar-refractivity contribution in [2.24, 2.45) is 0 Å². The van der Waals surface area contributed by atoms with E-state index in [1.807, 2.05) is 18.2 Å². The molecule has 0 N–H and O–H groups in total. The molecule has 0 saturated heterocycles. The number of carbonyl (C=O) groups excluding carboxylic acids is 1. The fraction of sp³-hybridized carbons (Fsp3) is 0. The molecule has 0 atom stereocenters. The number of carbonyl (C=O) groups is 1. The third-order valence-corrected chi connectivity index (χ3v) is 3.82. The van der Waals surface area contributed by atoms with E-state index < -0.39 is 0 Å². The van der Waals surface area contributed by atoms with Crippen LogP contribution in [0.15, 0.2) is 39.3 Å². The van der Waals surface area contributed by atoms with Gasteiger partial charge in [0.15, 0.2) is 11.3 Å². The summed E-state index contributed by atoms with van der Waals surface area (Å²) >= 11 is 8.09. The van der Waals surface area contributed by atoms with Gasteiger partial charge in [-0.1, -0.05) is 27.3 Å². The number of ether oxygens (including phenoxy) is 1. The number of hydrogen-bond acceptors (Lipinski definition) is 3. The van der Waals surface area contributed by atoms with Crippen LogP contribution < -0.4 is 4.74 Å². The van der Waals surface area contributed by atoms with Gasteiger partial charge in [-0.2, -0.15) is 0 Å². The van der Waals surface area contributed by atoms with Crippen molar-refractivity contribution in [3.63, 3.8) is 0 Å². The fourth-order valence-corrected chi connectivity index (χ4v) is 2.93. The molecule has 16 heavy (non-hydrogen) atoms. The smallest absolute Gasteiger partial charge is 0.181 e. The minimum atomic E-state index is 0.656. The average Bonchev–Trinajstić information content (AvgIpc) is 2.70. The Morgan fingerprint density at radius 2 is 2.00 bits per heavy atom. The fourth-order valence-electron chi connectivity index (χ4n) is 1.12. The van der Waals surface area contributed by atoms with Crippen LogP contribution in [0.2, 0.25) is 0 Å². The molecule has 82 valence electrons. The van der Waals surface area contributed by atoms with Crippen LogP contribution in [0.5, 0.6) is 10.8 Å². The summed E-state index contributed by atoms with van der Waals surface area (Å²) in [6.07, 6.45) is 0.814. The van der Waals surface area contributed by atoms with Gasteiger partial charge in [0.2, 0.25) is 0 Å². The highest BCUT2D eigenvalue weighted by atomic mass is 79.9. The topological polar surface area (TPSA) is 26.3 Å². The molecule has 1 aromatic carbocycles. The molecule has 0 spiro atoms. The van der Waals surface area contributed by atoms with Crippen LogP contribution in [0.1, 0.15) is 9.67 Å². The standard InChI is InChI=1S/C11H6Br2O2S/c12-7-1-3-10(9(13)5-7)15-11-4-2-8(6-14)16-11/h1-6H. The molecule has 2 aromatic rings. The van der Waals surface area contributed by atoms with Crippen molar-refractivity contribution < 1.29 is 9.53 Å². The van der Waals surface area contributed by atoms with Gasteiger partial charge in [0.05, 0.1) is 9.35 Å². The lowest BCUT2D eigenvalue weighted by Gasteiger charge is -2.05. The average molecular weight is 362 g/mol. The van der Waals surface area contributed by atoms with Crippen molar-refractivity contribution in [1.82, 2.24) is 0 Å².